The Kier molecular flexibility index (Phi) is 34.6. The van der Waals surface area contributed by atoms with Crippen LogP contribution in [-0.4, -0.2) is 10.7 Å². The van der Waals surface area contributed by atoms with Crippen molar-refractivity contribution in [3.8, 4) is 0 Å². The first-order valence-electron chi connectivity index (χ1n) is 23.4. The first kappa shape index (κ1) is 50.9. The Morgan fingerprint density at radius 3 is 1.31 bits per heavy atom. The first-order valence-corrected chi connectivity index (χ1v) is 24.8. The maximum absolute atomic E-state index is 9.77. The van der Waals surface area contributed by atoms with Crippen molar-refractivity contribution in [2.45, 2.75) is 232 Å². The van der Waals surface area contributed by atoms with Crippen molar-refractivity contribution in [3.05, 3.63) is 87.5 Å². The van der Waals surface area contributed by atoms with Gasteiger partial charge in [-0.3, -0.25) is 0 Å². The summed E-state index contributed by atoms with van der Waals surface area (Å²) < 4.78 is 0. The van der Waals surface area contributed by atoms with E-state index in [1.54, 1.807) is 0 Å². The molecule has 0 bridgehead atoms. The number of nitrogens with zero attached hydrogens (tertiary/aromatic N) is 2. The van der Waals surface area contributed by atoms with Gasteiger partial charge in [0.05, 0.1) is 5.57 Å². The number of allylic oxidation sites excluding steroid dienone is 2. The molecule has 3 heteroatoms. The molecule has 0 heterocycles. The first-order chi connectivity index (χ1) is 27.1. The van der Waals surface area contributed by atoms with E-state index in [0.29, 0.717) is 0 Å². The van der Waals surface area contributed by atoms with E-state index >= 15 is 0 Å². The van der Waals surface area contributed by atoms with Crippen molar-refractivity contribution in [3.63, 3.8) is 0 Å². The van der Waals surface area contributed by atoms with Gasteiger partial charge in [0.25, 0.3) is 0 Å². The van der Waals surface area contributed by atoms with Crippen LogP contribution in [0, 0.1) is 0 Å². The van der Waals surface area contributed by atoms with Gasteiger partial charge in [0.1, 0.15) is 0 Å². The molecule has 0 aromatic heterocycles. The summed E-state index contributed by atoms with van der Waals surface area (Å²) >= 11 is 1.97. The van der Waals surface area contributed by atoms with Crippen LogP contribution in [-0.2, 0) is 27.3 Å². The van der Waals surface area contributed by atoms with Gasteiger partial charge in [-0.25, -0.2) is 0 Å². The van der Waals surface area contributed by atoms with Gasteiger partial charge >= 0.3 is 83.5 Å². The fourth-order valence-electron chi connectivity index (χ4n) is 7.15. The van der Waals surface area contributed by atoms with E-state index in [1.807, 2.05) is 14.4 Å². The molecule has 314 valence electrons. The molecule has 0 aliphatic heterocycles. The topological polar surface area (TPSA) is 36.4 Å². The molecule has 0 amide bonds. The summed E-state index contributed by atoms with van der Waals surface area (Å²) in [6, 6.07) is 18.7. The van der Waals surface area contributed by atoms with Crippen molar-refractivity contribution in [2.24, 2.45) is 0 Å². The van der Waals surface area contributed by atoms with Crippen LogP contribution >= 0.6 is 0 Å². The molecule has 0 saturated carbocycles. The molecular weight excluding hydrogens is 711 g/mol. The van der Waals surface area contributed by atoms with E-state index in [1.165, 1.54) is 185 Å². The van der Waals surface area contributed by atoms with Crippen LogP contribution in [0.1, 0.15) is 231 Å². The van der Waals surface area contributed by atoms with Gasteiger partial charge in [0, 0.05) is 0 Å². The molecule has 2 aromatic carbocycles. The van der Waals surface area contributed by atoms with Gasteiger partial charge in [-0.2, -0.15) is 0 Å². The molecular formula is C52H86N2Ni. The summed E-state index contributed by atoms with van der Waals surface area (Å²) in [7, 11) is 0. The number of hydrogen-bond donors (Lipinski definition) is 0. The van der Waals surface area contributed by atoms with Gasteiger partial charge in [-0.15, -0.1) is 4.79 Å². The van der Waals surface area contributed by atoms with Crippen molar-refractivity contribution >= 4 is 11.4 Å². The fraction of sp³-hybridized carbons (Fsp3) is 0.692. The minimum atomic E-state index is 0.910. The standard InChI is InChI=1S/C42H64N2.2C5H11.Ni/c1-5-9-13-16-18-20-24-37-29-33-39(34-30-37)42(38-31-27-36(28-32-38)23-12-8-4)41(26-22-15-11-7-3)40(35-44-43)25-21-19-17-14-10-6-2;2*1-3-5-4-2;/h27-34H,5-26H2,1-4H3;2*1,3-5H2,2H3;. The summed E-state index contributed by atoms with van der Waals surface area (Å²) in [6.45, 7) is 13.6. The number of unbranched alkanes of at least 4 members (excludes halogenated alkanes) is 18. The predicted octanol–water partition coefficient (Wildman–Crippen LogP) is 17.6. The fourth-order valence-corrected chi connectivity index (χ4v) is 8.38. The van der Waals surface area contributed by atoms with E-state index < -0.39 is 0 Å². The van der Waals surface area contributed by atoms with Gasteiger partial charge < -0.3 is 5.53 Å². The minimum absolute atomic E-state index is 0.910. The number of benzene rings is 2. The average Bonchev–Trinajstić information content (AvgIpc) is 3.21. The third kappa shape index (κ3) is 25.7. The molecule has 2 rings (SSSR count). The Morgan fingerprint density at radius 1 is 0.455 bits per heavy atom. The van der Waals surface area contributed by atoms with E-state index in [2.05, 4.69) is 101 Å². The third-order valence-electron chi connectivity index (χ3n) is 10.7. The Bertz CT molecular complexity index is 1270. The molecule has 2 aromatic rings. The number of aryl methyl sites for hydroxylation is 2. The zero-order chi connectivity index (χ0) is 40.0. The van der Waals surface area contributed by atoms with Gasteiger partial charge in [-0.1, -0.05) is 166 Å². The molecule has 0 N–H and O–H groups in total. The molecule has 2 nitrogen and oxygen atoms in total. The second kappa shape index (κ2) is 37.4. The zero-order valence-electron chi connectivity index (χ0n) is 37.0. The zero-order valence-corrected chi connectivity index (χ0v) is 38.0. The SMILES string of the molecule is CCCCCCCCC(=C=[N+]=[N-])C(CCCCCC)=C(c1ccc(CCCC)cc1)c1ccc(CCCCCCCC)cc1.CCCC[CH2][Ni][CH2]CCCC. The van der Waals surface area contributed by atoms with Crippen LogP contribution < -0.4 is 0 Å². The van der Waals surface area contributed by atoms with Crippen LogP contribution in [0.25, 0.3) is 11.1 Å². The van der Waals surface area contributed by atoms with Gasteiger partial charge in [0.15, 0.2) is 0 Å². The van der Waals surface area contributed by atoms with Crippen molar-refractivity contribution in [1.29, 1.82) is 0 Å². The maximum atomic E-state index is 9.77. The Labute approximate surface area is 348 Å². The van der Waals surface area contributed by atoms with Crippen LogP contribution in [0.2, 0.25) is 10.8 Å². The summed E-state index contributed by atoms with van der Waals surface area (Å²) in [5, 5.41) is 2.81. The molecule has 0 atom stereocenters. The van der Waals surface area contributed by atoms with Crippen molar-refractivity contribution in [2.75, 3.05) is 0 Å². The third-order valence-corrected chi connectivity index (χ3v) is 12.1. The van der Waals surface area contributed by atoms with Crippen molar-refractivity contribution in [1.82, 2.24) is 0 Å². The van der Waals surface area contributed by atoms with Crippen molar-refractivity contribution < 1.29 is 19.2 Å². The molecule has 0 radical (unpaired) electrons. The summed E-state index contributed by atoms with van der Waals surface area (Å²) in [4.78, 5) is 3.50. The second-order valence-corrected chi connectivity index (χ2v) is 17.3. The summed E-state index contributed by atoms with van der Waals surface area (Å²) in [5.41, 5.74) is 18.8. The average molecular weight is 798 g/mol. The molecule has 0 spiro atoms. The number of rotatable bonds is 33. The molecule has 0 aliphatic carbocycles. The van der Waals surface area contributed by atoms with E-state index in [0.717, 1.165) is 44.1 Å². The predicted molar refractivity (Wildman–Crippen MR) is 242 cm³/mol. The van der Waals surface area contributed by atoms with Crippen LogP contribution in [0.3, 0.4) is 0 Å². The van der Waals surface area contributed by atoms with Gasteiger partial charge in [0.2, 0.25) is 0 Å². The molecule has 0 aliphatic rings. The quantitative estimate of drug-likeness (QED) is 0.0172. The van der Waals surface area contributed by atoms with E-state index in [-0.39, 0.29) is 0 Å². The second-order valence-electron chi connectivity index (χ2n) is 15.8. The molecule has 55 heavy (non-hydrogen) atoms. The van der Waals surface area contributed by atoms with Gasteiger partial charge in [-0.05, 0) is 84.8 Å². The molecule has 0 unspecified atom stereocenters. The molecule has 0 fully saturated rings. The van der Waals surface area contributed by atoms with Crippen LogP contribution in [0.5, 0.6) is 0 Å². The normalized spacial score (nSPS) is 11.5. The Morgan fingerprint density at radius 2 is 0.836 bits per heavy atom. The van der Waals surface area contributed by atoms with Crippen LogP contribution in [0.4, 0.5) is 0 Å². The van der Waals surface area contributed by atoms with E-state index in [9.17, 15) is 5.53 Å². The van der Waals surface area contributed by atoms with Crippen LogP contribution in [0.15, 0.2) is 59.7 Å². The summed E-state index contributed by atoms with van der Waals surface area (Å²) in [6.07, 6.45) is 35.4. The van der Waals surface area contributed by atoms with E-state index in [4.69, 9.17) is 0 Å². The Balaban J connectivity index is 0.00000119. The molecule has 0 saturated heterocycles. The Hall–Kier alpha value is -2.17. The summed E-state index contributed by atoms with van der Waals surface area (Å²) in [5.74, 6) is 3.08. The monoisotopic (exact) mass is 797 g/mol. The number of hydrogen-bond acceptors (Lipinski definition) is 0.